The van der Waals surface area contributed by atoms with Crippen LogP contribution in [0.25, 0.3) is 0 Å². The molecule has 110 valence electrons. The molecule has 0 radical (unpaired) electrons. The summed E-state index contributed by atoms with van der Waals surface area (Å²) in [6, 6.07) is 10.3. The lowest BCUT2D eigenvalue weighted by Crippen LogP contribution is -2.05. The Balaban J connectivity index is 2.26. The first-order valence-corrected chi connectivity index (χ1v) is 7.63. The zero-order valence-electron chi connectivity index (χ0n) is 11.8. The van der Waals surface area contributed by atoms with Crippen LogP contribution in [-0.2, 0) is 12.8 Å². The number of hydrogen-bond donors (Lipinski definition) is 2. The van der Waals surface area contributed by atoms with Gasteiger partial charge in [0.1, 0.15) is 11.5 Å². The Labute approximate surface area is 132 Å². The molecule has 0 saturated carbocycles. The van der Waals surface area contributed by atoms with Gasteiger partial charge in [0.25, 0.3) is 0 Å². The third-order valence-electron chi connectivity index (χ3n) is 3.29. The number of phenolic OH excluding ortho intramolecular Hbond substituents is 2. The Morgan fingerprint density at radius 2 is 1.76 bits per heavy atom. The second-order valence-electron chi connectivity index (χ2n) is 4.97. The van der Waals surface area contributed by atoms with Gasteiger partial charge in [0, 0.05) is 17.0 Å². The van der Waals surface area contributed by atoms with Crippen molar-refractivity contribution < 1.29 is 15.0 Å². The lowest BCUT2D eigenvalue weighted by atomic mass is 9.98. The van der Waals surface area contributed by atoms with E-state index in [1.165, 1.54) is 6.07 Å². The number of carbonyl (C=O) groups is 1. The molecule has 2 N–H and O–H groups in total. The van der Waals surface area contributed by atoms with E-state index in [1.807, 2.05) is 31.2 Å². The lowest BCUT2D eigenvalue weighted by Gasteiger charge is -2.09. The minimum absolute atomic E-state index is 0.0366. The van der Waals surface area contributed by atoms with E-state index in [0.717, 1.165) is 16.5 Å². The Morgan fingerprint density at radius 1 is 1.10 bits per heavy atom. The maximum absolute atomic E-state index is 12.3. The van der Waals surface area contributed by atoms with E-state index in [4.69, 9.17) is 0 Å². The van der Waals surface area contributed by atoms with Gasteiger partial charge in [0.15, 0.2) is 5.78 Å². The summed E-state index contributed by atoms with van der Waals surface area (Å²) in [6.45, 7) is 2.00. The van der Waals surface area contributed by atoms with Crippen LogP contribution < -0.4 is 0 Å². The van der Waals surface area contributed by atoms with Gasteiger partial charge in [0.05, 0.1) is 5.56 Å². The fraction of sp³-hybridized carbons (Fsp3) is 0.235. The first kappa shape index (κ1) is 15.6. The summed E-state index contributed by atoms with van der Waals surface area (Å²) < 4.78 is 0.955. The molecule has 0 saturated heterocycles. The second kappa shape index (κ2) is 6.76. The van der Waals surface area contributed by atoms with Crippen LogP contribution in [0.1, 0.15) is 34.8 Å². The van der Waals surface area contributed by atoms with Crippen LogP contribution in [-0.4, -0.2) is 16.0 Å². The van der Waals surface area contributed by atoms with E-state index < -0.39 is 0 Å². The van der Waals surface area contributed by atoms with Gasteiger partial charge >= 0.3 is 0 Å². The van der Waals surface area contributed by atoms with Gasteiger partial charge in [-0.1, -0.05) is 41.4 Å². The number of Topliss-reactive ketones (excluding diaryl/α,β-unsaturated/α-hetero) is 1. The normalized spacial score (nSPS) is 10.6. The van der Waals surface area contributed by atoms with E-state index in [-0.39, 0.29) is 29.3 Å². The van der Waals surface area contributed by atoms with Crippen LogP contribution in [0, 0.1) is 0 Å². The maximum Gasteiger partial charge on any atom is 0.170 e. The molecule has 0 atom stereocenters. The van der Waals surface area contributed by atoms with Crippen molar-refractivity contribution in [2.45, 2.75) is 26.2 Å². The molecule has 0 aliphatic heterocycles. The fourth-order valence-corrected chi connectivity index (χ4v) is 2.46. The van der Waals surface area contributed by atoms with E-state index in [2.05, 4.69) is 15.9 Å². The smallest absolute Gasteiger partial charge is 0.170 e. The minimum Gasteiger partial charge on any atom is -0.508 e. The predicted molar refractivity (Wildman–Crippen MR) is 85.9 cm³/mol. The molecule has 2 rings (SSSR count). The molecule has 4 heteroatoms. The highest BCUT2D eigenvalue weighted by Crippen LogP contribution is 2.29. The molecule has 0 unspecified atom stereocenters. The van der Waals surface area contributed by atoms with Gasteiger partial charge in [-0.15, -0.1) is 0 Å². The number of hydrogen-bond acceptors (Lipinski definition) is 3. The summed E-state index contributed by atoms with van der Waals surface area (Å²) in [5.74, 6) is -0.295. The number of benzene rings is 2. The molecule has 0 aromatic heterocycles. The van der Waals surface area contributed by atoms with Crippen molar-refractivity contribution in [2.75, 3.05) is 0 Å². The van der Waals surface area contributed by atoms with Crippen LogP contribution in [0.15, 0.2) is 40.9 Å². The standard InChI is InChI=1S/C17H17BrO3/c1-2-3-12-9-14(17(21)10-15(12)19)16(20)8-11-4-6-13(18)7-5-11/h4-7,9-10,19,21H,2-3,8H2,1H3. The molecule has 3 nitrogen and oxygen atoms in total. The summed E-state index contributed by atoms with van der Waals surface area (Å²) in [7, 11) is 0. The molecular formula is C17H17BrO3. The van der Waals surface area contributed by atoms with Crippen LogP contribution in [0.4, 0.5) is 0 Å². The van der Waals surface area contributed by atoms with Gasteiger partial charge in [-0.2, -0.15) is 0 Å². The highest BCUT2D eigenvalue weighted by Gasteiger charge is 2.15. The number of ketones is 1. The average molecular weight is 349 g/mol. The summed E-state index contributed by atoms with van der Waals surface area (Å²) in [5, 5.41) is 19.7. The Bertz CT molecular complexity index is 648. The van der Waals surface area contributed by atoms with Crippen molar-refractivity contribution in [2.24, 2.45) is 0 Å². The van der Waals surface area contributed by atoms with Crippen LogP contribution in [0.2, 0.25) is 0 Å². The van der Waals surface area contributed by atoms with E-state index >= 15 is 0 Å². The molecular weight excluding hydrogens is 332 g/mol. The molecule has 21 heavy (non-hydrogen) atoms. The van der Waals surface area contributed by atoms with Gasteiger partial charge in [-0.3, -0.25) is 4.79 Å². The SMILES string of the molecule is CCCc1cc(C(=O)Cc2ccc(Br)cc2)c(O)cc1O. The number of aryl methyl sites for hydroxylation is 1. The molecule has 0 amide bonds. The summed E-state index contributed by atoms with van der Waals surface area (Å²) in [5.41, 5.74) is 1.83. The zero-order valence-corrected chi connectivity index (χ0v) is 13.4. The quantitative estimate of drug-likeness (QED) is 0.794. The number of rotatable bonds is 5. The molecule has 0 fully saturated rings. The fourth-order valence-electron chi connectivity index (χ4n) is 2.20. The van der Waals surface area contributed by atoms with Crippen molar-refractivity contribution in [3.05, 3.63) is 57.6 Å². The first-order chi connectivity index (χ1) is 10.0. The summed E-state index contributed by atoms with van der Waals surface area (Å²) >= 11 is 3.35. The number of phenols is 2. The van der Waals surface area contributed by atoms with Gasteiger partial charge in [0.2, 0.25) is 0 Å². The third-order valence-corrected chi connectivity index (χ3v) is 3.82. The predicted octanol–water partition coefficient (Wildman–Crippen LogP) is 4.24. The molecule has 0 aliphatic rings. The Morgan fingerprint density at radius 3 is 2.38 bits per heavy atom. The molecule has 0 bridgehead atoms. The van der Waals surface area contributed by atoms with Crippen LogP contribution >= 0.6 is 15.9 Å². The minimum atomic E-state index is -0.172. The topological polar surface area (TPSA) is 57.5 Å². The monoisotopic (exact) mass is 348 g/mol. The van der Waals surface area contributed by atoms with Gasteiger partial charge in [-0.05, 0) is 35.7 Å². The van der Waals surface area contributed by atoms with Gasteiger partial charge in [-0.25, -0.2) is 0 Å². The van der Waals surface area contributed by atoms with Crippen molar-refractivity contribution in [1.29, 1.82) is 0 Å². The Hall–Kier alpha value is -1.81. The summed E-state index contributed by atoms with van der Waals surface area (Å²) in [6.07, 6.45) is 1.75. The van der Waals surface area contributed by atoms with Crippen molar-refractivity contribution in [3.63, 3.8) is 0 Å². The second-order valence-corrected chi connectivity index (χ2v) is 5.89. The number of carbonyl (C=O) groups excluding carboxylic acids is 1. The highest BCUT2D eigenvalue weighted by molar-refractivity contribution is 9.10. The zero-order chi connectivity index (χ0) is 15.4. The highest BCUT2D eigenvalue weighted by atomic mass is 79.9. The van der Waals surface area contributed by atoms with E-state index in [9.17, 15) is 15.0 Å². The largest absolute Gasteiger partial charge is 0.508 e. The molecule has 0 aliphatic carbocycles. The van der Waals surface area contributed by atoms with Crippen LogP contribution in [0.3, 0.4) is 0 Å². The maximum atomic E-state index is 12.3. The van der Waals surface area contributed by atoms with Gasteiger partial charge < -0.3 is 10.2 Å². The van der Waals surface area contributed by atoms with E-state index in [0.29, 0.717) is 12.0 Å². The van der Waals surface area contributed by atoms with Crippen molar-refractivity contribution in [1.82, 2.24) is 0 Å². The molecule has 0 heterocycles. The molecule has 2 aromatic carbocycles. The lowest BCUT2D eigenvalue weighted by molar-refractivity contribution is 0.0990. The number of aromatic hydroxyl groups is 2. The first-order valence-electron chi connectivity index (χ1n) is 6.83. The summed E-state index contributed by atoms with van der Waals surface area (Å²) in [4.78, 5) is 12.3. The number of halogens is 1. The Kier molecular flexibility index (Phi) is 5.02. The van der Waals surface area contributed by atoms with Crippen molar-refractivity contribution in [3.8, 4) is 11.5 Å². The molecule has 0 spiro atoms. The van der Waals surface area contributed by atoms with Crippen molar-refractivity contribution >= 4 is 21.7 Å². The third kappa shape index (κ3) is 3.85. The average Bonchev–Trinajstić information content (AvgIpc) is 2.44. The van der Waals surface area contributed by atoms with E-state index in [1.54, 1.807) is 6.07 Å². The van der Waals surface area contributed by atoms with Crippen LogP contribution in [0.5, 0.6) is 11.5 Å². The molecule has 2 aromatic rings.